The van der Waals surface area contributed by atoms with Gasteiger partial charge >= 0.3 is 11.9 Å². The number of amides is 1. The monoisotopic (exact) mass is 467 g/mol. The van der Waals surface area contributed by atoms with Gasteiger partial charge in [0.2, 0.25) is 5.91 Å². The molecule has 0 radical (unpaired) electrons. The van der Waals surface area contributed by atoms with Gasteiger partial charge in [0.05, 0.1) is 79.6 Å². The van der Waals surface area contributed by atoms with E-state index in [9.17, 15) is 14.4 Å². The molecule has 2 N–H and O–H groups in total. The van der Waals surface area contributed by atoms with Crippen molar-refractivity contribution >= 4 is 17.8 Å². The molecule has 32 heavy (non-hydrogen) atoms. The average Bonchev–Trinajstić information content (AvgIpc) is 2.78. The first kappa shape index (κ1) is 30.2. The molecule has 0 aliphatic rings. The van der Waals surface area contributed by atoms with Crippen LogP contribution in [0.25, 0.3) is 0 Å². The molecular weight excluding hydrogens is 430 g/mol. The molecule has 0 heterocycles. The van der Waals surface area contributed by atoms with Gasteiger partial charge in [-0.1, -0.05) is 0 Å². The van der Waals surface area contributed by atoms with E-state index in [1.54, 1.807) is 0 Å². The highest BCUT2D eigenvalue weighted by molar-refractivity contribution is 5.80. The number of carbonyl (C=O) groups excluding carboxylic acids is 2. The fraction of sp³-hybridized carbons (Fsp3) is 0.850. The number of esters is 1. The Labute approximate surface area is 188 Å². The van der Waals surface area contributed by atoms with Gasteiger partial charge in [-0.2, -0.15) is 0 Å². The Hall–Kier alpha value is -1.83. The molecule has 1 amide bonds. The van der Waals surface area contributed by atoms with Gasteiger partial charge in [-0.25, -0.2) is 4.79 Å². The summed E-state index contributed by atoms with van der Waals surface area (Å²) in [7, 11) is 1.30. The van der Waals surface area contributed by atoms with Crippen molar-refractivity contribution in [3.8, 4) is 0 Å². The maximum atomic E-state index is 11.3. The smallest absolute Gasteiger partial charge is 0.331 e. The van der Waals surface area contributed by atoms with Crippen LogP contribution >= 0.6 is 0 Å². The summed E-state index contributed by atoms with van der Waals surface area (Å²) < 4.78 is 36.2. The Morgan fingerprint density at radius 1 is 0.656 bits per heavy atom. The molecule has 0 fully saturated rings. The summed E-state index contributed by atoms with van der Waals surface area (Å²) in [5.74, 6) is -1.67. The van der Waals surface area contributed by atoms with E-state index >= 15 is 0 Å². The van der Waals surface area contributed by atoms with Gasteiger partial charge in [0.25, 0.3) is 0 Å². The molecule has 0 saturated heterocycles. The van der Waals surface area contributed by atoms with Crippen molar-refractivity contribution in [2.75, 3.05) is 92.9 Å². The fourth-order valence-electron chi connectivity index (χ4n) is 2.02. The zero-order valence-electron chi connectivity index (χ0n) is 18.8. The maximum Gasteiger partial charge on any atom is 0.331 e. The third-order valence-corrected chi connectivity index (χ3v) is 3.66. The molecule has 0 bridgehead atoms. The molecule has 188 valence electrons. The second kappa shape index (κ2) is 23.8. The van der Waals surface area contributed by atoms with Gasteiger partial charge in [0, 0.05) is 19.6 Å². The number of aliphatic carboxylic acids is 1. The van der Waals surface area contributed by atoms with Crippen LogP contribution in [0, 0.1) is 0 Å². The van der Waals surface area contributed by atoms with Gasteiger partial charge in [-0.05, 0) is 6.42 Å². The molecule has 0 aromatic rings. The SMILES string of the molecule is COC(=O)COCCOCCOCCOCCOCCOCCCNC(=O)CCC(=O)O. The van der Waals surface area contributed by atoms with Crippen LogP contribution in [-0.2, 0) is 47.5 Å². The van der Waals surface area contributed by atoms with E-state index < -0.39 is 11.9 Å². The van der Waals surface area contributed by atoms with E-state index in [4.69, 9.17) is 33.5 Å². The standard InChI is InChI=1S/C20H37NO11/c1-26-20(25)17-32-16-15-31-14-13-30-12-11-29-10-9-28-8-7-27-6-2-5-21-18(22)3-4-19(23)24/h2-17H2,1H3,(H,21,22)(H,23,24). The summed E-state index contributed by atoms with van der Waals surface area (Å²) in [6, 6.07) is 0. The molecule has 12 heteroatoms. The van der Waals surface area contributed by atoms with E-state index in [1.165, 1.54) is 7.11 Å². The Morgan fingerprint density at radius 2 is 1.09 bits per heavy atom. The molecule has 0 aliphatic carbocycles. The molecule has 0 atom stereocenters. The molecule has 0 spiro atoms. The second-order valence-corrected chi connectivity index (χ2v) is 6.29. The molecule has 0 aromatic carbocycles. The van der Waals surface area contributed by atoms with Crippen molar-refractivity contribution in [3.63, 3.8) is 0 Å². The largest absolute Gasteiger partial charge is 0.481 e. The number of hydrogen-bond donors (Lipinski definition) is 2. The van der Waals surface area contributed by atoms with Gasteiger partial charge < -0.3 is 43.6 Å². The third-order valence-electron chi connectivity index (χ3n) is 3.66. The van der Waals surface area contributed by atoms with Crippen LogP contribution in [0.15, 0.2) is 0 Å². The minimum absolute atomic E-state index is 0.0106. The Balaban J connectivity index is 3.11. The number of nitrogens with one attached hydrogen (secondary N) is 1. The number of ether oxygens (including phenoxy) is 7. The minimum atomic E-state index is -0.985. The topological polar surface area (TPSA) is 148 Å². The predicted molar refractivity (Wildman–Crippen MR) is 111 cm³/mol. The lowest BCUT2D eigenvalue weighted by Crippen LogP contribution is -2.25. The zero-order chi connectivity index (χ0) is 23.7. The molecule has 0 unspecified atom stereocenters. The second-order valence-electron chi connectivity index (χ2n) is 6.29. The number of hydrogen-bond acceptors (Lipinski definition) is 10. The third kappa shape index (κ3) is 24.4. The highest BCUT2D eigenvalue weighted by atomic mass is 16.6. The first-order valence-electron chi connectivity index (χ1n) is 10.6. The van der Waals surface area contributed by atoms with Crippen LogP contribution in [0.2, 0.25) is 0 Å². The number of carboxylic acids is 1. The highest BCUT2D eigenvalue weighted by Crippen LogP contribution is 1.90. The fourth-order valence-corrected chi connectivity index (χ4v) is 2.02. The van der Waals surface area contributed by atoms with Gasteiger partial charge in [0.1, 0.15) is 6.61 Å². The van der Waals surface area contributed by atoms with Crippen LogP contribution < -0.4 is 5.32 Å². The molecule has 0 aromatic heterocycles. The first-order chi connectivity index (χ1) is 15.6. The maximum absolute atomic E-state index is 11.3. The van der Waals surface area contributed by atoms with Crippen molar-refractivity contribution < 1.29 is 52.6 Å². The van der Waals surface area contributed by atoms with Gasteiger partial charge in [0.15, 0.2) is 0 Å². The lowest BCUT2D eigenvalue weighted by molar-refractivity contribution is -0.146. The van der Waals surface area contributed by atoms with E-state index in [0.29, 0.717) is 85.6 Å². The van der Waals surface area contributed by atoms with E-state index in [0.717, 1.165) is 0 Å². The first-order valence-corrected chi connectivity index (χ1v) is 10.6. The molecule has 0 saturated carbocycles. The average molecular weight is 468 g/mol. The van der Waals surface area contributed by atoms with Crippen LogP contribution in [0.3, 0.4) is 0 Å². The number of rotatable bonds is 24. The Kier molecular flexibility index (Phi) is 22.5. The number of carboxylic acid groups (broad SMARTS) is 1. The van der Waals surface area contributed by atoms with E-state index in [-0.39, 0.29) is 25.4 Å². The van der Waals surface area contributed by atoms with Crippen molar-refractivity contribution in [2.24, 2.45) is 0 Å². The van der Waals surface area contributed by atoms with Crippen LogP contribution in [0.4, 0.5) is 0 Å². The Morgan fingerprint density at radius 3 is 1.53 bits per heavy atom. The normalized spacial score (nSPS) is 10.8. The molecule has 0 aliphatic heterocycles. The molecular formula is C20H37NO11. The van der Waals surface area contributed by atoms with Gasteiger partial charge in [-0.15, -0.1) is 0 Å². The van der Waals surface area contributed by atoms with Crippen molar-refractivity contribution in [2.45, 2.75) is 19.3 Å². The van der Waals surface area contributed by atoms with Crippen LogP contribution in [0.1, 0.15) is 19.3 Å². The Bertz CT molecular complexity index is 476. The number of carbonyl (C=O) groups is 3. The molecule has 0 rings (SSSR count). The predicted octanol–water partition coefficient (Wildman–Crippen LogP) is -0.370. The minimum Gasteiger partial charge on any atom is -0.481 e. The summed E-state index contributed by atoms with van der Waals surface area (Å²) in [4.78, 5) is 32.4. The van der Waals surface area contributed by atoms with Crippen molar-refractivity contribution in [3.05, 3.63) is 0 Å². The van der Waals surface area contributed by atoms with Gasteiger partial charge in [-0.3, -0.25) is 9.59 Å². The summed E-state index contributed by atoms with van der Waals surface area (Å²) in [6.45, 7) is 5.16. The van der Waals surface area contributed by atoms with Crippen LogP contribution in [0.5, 0.6) is 0 Å². The summed E-state index contributed by atoms with van der Waals surface area (Å²) in [5, 5.41) is 11.1. The lowest BCUT2D eigenvalue weighted by atomic mass is 10.3. The van der Waals surface area contributed by atoms with E-state index in [1.807, 2.05) is 0 Å². The summed E-state index contributed by atoms with van der Waals surface area (Å²) in [6.07, 6.45) is 0.475. The zero-order valence-corrected chi connectivity index (χ0v) is 18.8. The van der Waals surface area contributed by atoms with Crippen LogP contribution in [-0.4, -0.2) is 116 Å². The van der Waals surface area contributed by atoms with Crippen molar-refractivity contribution in [1.29, 1.82) is 0 Å². The van der Waals surface area contributed by atoms with E-state index in [2.05, 4.69) is 10.1 Å². The lowest BCUT2D eigenvalue weighted by Gasteiger charge is -2.08. The quantitative estimate of drug-likeness (QED) is 0.141. The summed E-state index contributed by atoms with van der Waals surface area (Å²) >= 11 is 0. The van der Waals surface area contributed by atoms with Crippen molar-refractivity contribution in [1.82, 2.24) is 5.32 Å². The number of methoxy groups -OCH3 is 1. The summed E-state index contributed by atoms with van der Waals surface area (Å²) in [5.41, 5.74) is 0. The highest BCUT2D eigenvalue weighted by Gasteiger charge is 2.04. The molecule has 12 nitrogen and oxygen atoms in total.